The zero-order valence-corrected chi connectivity index (χ0v) is 54.3. The van der Waals surface area contributed by atoms with Crippen molar-refractivity contribution in [2.24, 2.45) is 0 Å². The number of aliphatic hydroxyl groups is 22. The number of hydrogen-bond donors (Lipinski definition) is 26. The number of aliphatic hydroxyl groups excluding tert-OH is 22. The van der Waals surface area contributed by atoms with Gasteiger partial charge in [-0.1, -0.05) is 0 Å². The van der Waals surface area contributed by atoms with Crippen LogP contribution in [0.4, 0.5) is 0 Å². The second-order valence-corrected chi connectivity index (χ2v) is 25.4. The van der Waals surface area contributed by atoms with E-state index in [1.54, 1.807) is 0 Å². The lowest BCUT2D eigenvalue weighted by molar-refractivity contribution is -0.411. The molecule has 0 aromatic rings. The SMILES string of the molecule is CC(=O)N[C@H]1[C@H](O[C@@H]2[C@@H](O[C@@H]3[C@H](O)[C@H](O[C@H]4[C@H](O)[C@@H](NC(C)=O)C(O)O[C@@H]4CO)O[C@H](CO[C@H]4O[C@H](CO)[C@@H](O)[C@H](O[C@H]5O[C@H](CO)[C@@H](O)[C@H](O)[C@@H]5O)[C@@H]4O)[C@H]3O[C@@H]3O[C@H](CO)[C@@H](O)[C@H](O)[C@H]3NC(C)=O)O[C@H](CO)[C@@H](O[C@@H]3O[C@H](CO)[C@@H](O)[C@H](O)[C@H]3NC(C)=O)[C@@H]2O)O[C@H](CO)[C@@H](O)[C@@H]1O. The van der Waals surface area contributed by atoms with Crippen LogP contribution in [0.1, 0.15) is 27.7 Å². The van der Waals surface area contributed by atoms with Gasteiger partial charge in [0.1, 0.15) is 195 Å². The largest absolute Gasteiger partial charge is 0.394 e. The standard InChI is InChI=1S/C56H94N4O41/c1-13(68)57-25-37(80)43(22(10-66)88-49(25)86)97-55-42(85)47(100-56-48(101-52-28(60-16(4)71)36(79)31(74)19(7-63)91-52)40(83)44(23(11-67)94-56)96-50-26(58-14(2)69)34(77)29(72)17(5-61)89-50)45(98-51-27(59-15(3)70)35(78)30(73)18(6-62)90-51)24(95-55)12-87-53-41(84)46(33(76)21(9-65)92-53)99-54-39(82)38(81)32(75)20(8-64)93-54/h17-56,61-67,72-86H,5-12H2,1-4H3,(H,57,68)(H,58,69)(H,59,70)(H,60,71)/t17-,18-,19-,20-,21-,22-,23-,24-,25-,26-,27-,28-,29-,30-,31-,32-,33-,34-,35-,36-,37-,38+,39+,40+,41+,42+,43-,44-,45-,46+,47-,48+,49?,50+,51+,52+,53+,54-,55+,56-/m1/s1. The molecule has 8 aliphatic rings. The molecule has 0 bridgehead atoms. The Morgan fingerprint density at radius 2 is 0.564 bits per heavy atom. The van der Waals surface area contributed by atoms with Crippen molar-refractivity contribution in [1.82, 2.24) is 21.3 Å². The lowest BCUT2D eigenvalue weighted by atomic mass is 9.93. The van der Waals surface area contributed by atoms with Crippen molar-refractivity contribution in [1.29, 1.82) is 0 Å². The monoisotopic (exact) mass is 1480 g/mol. The minimum absolute atomic E-state index is 0.866. The number of carbonyl (C=O) groups excluding carboxylic acids is 4. The lowest BCUT2D eigenvalue weighted by Crippen LogP contribution is -2.71. The molecule has 45 nitrogen and oxygen atoms in total. The predicted octanol–water partition coefficient (Wildman–Crippen LogP) is -17.9. The normalized spacial score (nSPS) is 48.3. The molecule has 8 heterocycles. The number of carbonyl (C=O) groups is 4. The van der Waals surface area contributed by atoms with Gasteiger partial charge in [0, 0.05) is 27.7 Å². The quantitative estimate of drug-likeness (QED) is 0.0382. The zero-order valence-electron chi connectivity index (χ0n) is 54.3. The Morgan fingerprint density at radius 3 is 1.01 bits per heavy atom. The van der Waals surface area contributed by atoms with Crippen molar-refractivity contribution in [3.8, 4) is 0 Å². The van der Waals surface area contributed by atoms with Crippen LogP contribution in [0.3, 0.4) is 0 Å². The molecule has 101 heavy (non-hydrogen) atoms. The molecule has 45 heteroatoms. The van der Waals surface area contributed by atoms with Crippen LogP contribution in [0.15, 0.2) is 0 Å². The summed E-state index contributed by atoms with van der Waals surface area (Å²) in [5, 5.41) is 254. The maximum Gasteiger partial charge on any atom is 0.217 e. The summed E-state index contributed by atoms with van der Waals surface area (Å²) in [6.07, 6.45) is -76.3. The van der Waals surface area contributed by atoms with Crippen LogP contribution in [0.5, 0.6) is 0 Å². The Balaban J connectivity index is 1.28. The third-order valence-corrected chi connectivity index (χ3v) is 18.2. The molecule has 0 spiro atoms. The second-order valence-electron chi connectivity index (χ2n) is 25.4. The van der Waals surface area contributed by atoms with Crippen LogP contribution in [0.2, 0.25) is 0 Å². The summed E-state index contributed by atoms with van der Waals surface area (Å²) in [5.74, 6) is -3.61. The summed E-state index contributed by atoms with van der Waals surface area (Å²) >= 11 is 0. The number of rotatable bonds is 26. The summed E-state index contributed by atoms with van der Waals surface area (Å²) in [4.78, 5) is 50.7. The molecule has 8 fully saturated rings. The van der Waals surface area contributed by atoms with E-state index in [0.717, 1.165) is 27.7 Å². The molecular weight excluding hydrogens is 1380 g/mol. The van der Waals surface area contributed by atoms with Gasteiger partial charge in [0.2, 0.25) is 23.6 Å². The van der Waals surface area contributed by atoms with E-state index in [1.165, 1.54) is 0 Å². The Kier molecular flexibility index (Phi) is 29.9. The average Bonchev–Trinajstić information content (AvgIpc) is 0.752. The first-order valence-electron chi connectivity index (χ1n) is 32.1. The molecule has 0 radical (unpaired) electrons. The molecule has 0 saturated carbocycles. The van der Waals surface area contributed by atoms with E-state index in [4.69, 9.17) is 71.1 Å². The number of hydrogen-bond acceptors (Lipinski definition) is 41. The molecule has 8 aliphatic heterocycles. The number of nitrogens with one attached hydrogen (secondary N) is 4. The summed E-state index contributed by atoms with van der Waals surface area (Å²) in [6, 6.07) is -7.43. The Morgan fingerprint density at radius 1 is 0.257 bits per heavy atom. The van der Waals surface area contributed by atoms with E-state index >= 15 is 0 Å². The molecular formula is C56H94N4O41. The van der Waals surface area contributed by atoms with Gasteiger partial charge in [0.25, 0.3) is 0 Å². The van der Waals surface area contributed by atoms with Crippen molar-refractivity contribution in [2.75, 3.05) is 52.9 Å². The van der Waals surface area contributed by atoms with E-state index in [0.29, 0.717) is 0 Å². The van der Waals surface area contributed by atoms with Crippen LogP contribution in [0.25, 0.3) is 0 Å². The van der Waals surface area contributed by atoms with Gasteiger partial charge in [-0.3, -0.25) is 19.2 Å². The first-order valence-corrected chi connectivity index (χ1v) is 32.1. The fourth-order valence-electron chi connectivity index (χ4n) is 13.0. The van der Waals surface area contributed by atoms with E-state index in [9.17, 15) is 132 Å². The Labute approximate surface area is 572 Å². The highest BCUT2D eigenvalue weighted by Crippen LogP contribution is 2.40. The highest BCUT2D eigenvalue weighted by atomic mass is 16.8. The van der Waals surface area contributed by atoms with Crippen molar-refractivity contribution in [2.45, 2.75) is 273 Å². The van der Waals surface area contributed by atoms with Gasteiger partial charge in [-0.2, -0.15) is 0 Å². The molecule has 8 saturated heterocycles. The minimum Gasteiger partial charge on any atom is -0.394 e. The highest BCUT2D eigenvalue weighted by molar-refractivity contribution is 5.74. The molecule has 1 unspecified atom stereocenters. The molecule has 4 amide bonds. The third kappa shape index (κ3) is 18.5. The third-order valence-electron chi connectivity index (χ3n) is 18.2. The first kappa shape index (κ1) is 83.0. The van der Waals surface area contributed by atoms with Gasteiger partial charge < -0.3 is 205 Å². The van der Waals surface area contributed by atoms with Crippen LogP contribution >= 0.6 is 0 Å². The summed E-state index contributed by atoms with van der Waals surface area (Å²) in [6.45, 7) is -5.07. The van der Waals surface area contributed by atoms with E-state index < -0.39 is 322 Å². The Hall–Kier alpha value is -3.60. The van der Waals surface area contributed by atoms with Gasteiger partial charge in [-0.25, -0.2) is 0 Å². The topological polar surface area (TPSA) is 700 Å². The van der Waals surface area contributed by atoms with Crippen LogP contribution in [0, 0.1) is 0 Å². The molecule has 0 aromatic carbocycles. The zero-order chi connectivity index (χ0) is 74.5. The maximum absolute atomic E-state index is 13.0. The number of amides is 4. The van der Waals surface area contributed by atoms with Crippen molar-refractivity contribution in [3.05, 3.63) is 0 Å². The van der Waals surface area contributed by atoms with Crippen LogP contribution < -0.4 is 21.3 Å². The van der Waals surface area contributed by atoms with Crippen LogP contribution in [-0.2, 0) is 90.2 Å². The second kappa shape index (κ2) is 36.3. The smallest absolute Gasteiger partial charge is 0.217 e. The van der Waals surface area contributed by atoms with Gasteiger partial charge in [-0.15, -0.1) is 0 Å². The molecule has 8 rings (SSSR count). The molecule has 0 aromatic heterocycles. The van der Waals surface area contributed by atoms with Crippen molar-refractivity contribution >= 4 is 23.6 Å². The fraction of sp³-hybridized carbons (Fsp3) is 0.929. The first-order chi connectivity index (χ1) is 47.8. The summed E-state index contributed by atoms with van der Waals surface area (Å²) < 4.78 is 90.5. The Bertz CT molecular complexity index is 2640. The van der Waals surface area contributed by atoms with Gasteiger partial charge in [0.15, 0.2) is 50.3 Å². The highest BCUT2D eigenvalue weighted by Gasteiger charge is 2.61. The molecule has 26 N–H and O–H groups in total. The summed E-state index contributed by atoms with van der Waals surface area (Å²) in [5.41, 5.74) is 0. The van der Waals surface area contributed by atoms with Crippen LogP contribution in [-0.4, -0.2) is 434 Å². The van der Waals surface area contributed by atoms with E-state index in [2.05, 4.69) is 21.3 Å². The molecule has 0 aliphatic carbocycles. The van der Waals surface area contributed by atoms with Gasteiger partial charge in [0.05, 0.1) is 52.9 Å². The average molecular weight is 1480 g/mol. The number of ether oxygens (including phenoxy) is 15. The minimum atomic E-state index is -2.63. The lowest BCUT2D eigenvalue weighted by Gasteiger charge is -2.52. The van der Waals surface area contributed by atoms with Crippen molar-refractivity contribution < 1.29 is 203 Å². The van der Waals surface area contributed by atoms with Gasteiger partial charge >= 0.3 is 0 Å². The summed E-state index contributed by atoms with van der Waals surface area (Å²) in [7, 11) is 0. The van der Waals surface area contributed by atoms with Gasteiger partial charge in [-0.05, 0) is 0 Å². The van der Waals surface area contributed by atoms with E-state index in [-0.39, 0.29) is 0 Å². The fourth-order valence-corrected chi connectivity index (χ4v) is 13.0. The molecule has 40 atom stereocenters. The predicted molar refractivity (Wildman–Crippen MR) is 311 cm³/mol. The molecule has 584 valence electrons. The maximum atomic E-state index is 13.0. The van der Waals surface area contributed by atoms with Crippen molar-refractivity contribution in [3.63, 3.8) is 0 Å². The van der Waals surface area contributed by atoms with E-state index in [1.807, 2.05) is 0 Å².